The number of aromatic nitrogens is 1. The number of esters is 1. The molecule has 3 aromatic rings. The molecule has 0 saturated heterocycles. The predicted molar refractivity (Wildman–Crippen MR) is 115 cm³/mol. The van der Waals surface area contributed by atoms with Crippen LogP contribution in [0.2, 0.25) is 0 Å². The zero-order valence-electron chi connectivity index (χ0n) is 17.0. The van der Waals surface area contributed by atoms with Gasteiger partial charge in [-0.05, 0) is 30.2 Å². The maximum Gasteiger partial charge on any atom is 0.341 e. The second-order valence-corrected chi connectivity index (χ2v) is 7.90. The molecule has 2 aromatic carbocycles. The van der Waals surface area contributed by atoms with E-state index in [0.717, 1.165) is 40.0 Å². The van der Waals surface area contributed by atoms with E-state index >= 15 is 0 Å². The van der Waals surface area contributed by atoms with Gasteiger partial charge in [0.15, 0.2) is 0 Å². The second-order valence-electron chi connectivity index (χ2n) is 7.90. The highest BCUT2D eigenvalue weighted by molar-refractivity contribution is 6.18. The Labute approximate surface area is 170 Å². The molecule has 29 heavy (non-hydrogen) atoms. The molecular weight excluding hydrogens is 364 g/mol. The summed E-state index contributed by atoms with van der Waals surface area (Å²) >= 11 is 0. The first kappa shape index (κ1) is 19.1. The molecule has 1 aliphatic heterocycles. The van der Waals surface area contributed by atoms with Crippen LogP contribution in [0.25, 0.3) is 16.5 Å². The minimum atomic E-state index is -0.328. The summed E-state index contributed by atoms with van der Waals surface area (Å²) in [5.41, 5.74) is 4.36. The summed E-state index contributed by atoms with van der Waals surface area (Å²) in [6, 6.07) is 16.1. The van der Waals surface area contributed by atoms with Gasteiger partial charge in [-0.3, -0.25) is 0 Å². The Hall–Kier alpha value is -3.21. The number of ether oxygens (including phenoxy) is 2. The van der Waals surface area contributed by atoms with Gasteiger partial charge in [0.25, 0.3) is 0 Å². The van der Waals surface area contributed by atoms with E-state index in [1.165, 1.54) is 0 Å². The third kappa shape index (κ3) is 3.73. The molecule has 0 amide bonds. The van der Waals surface area contributed by atoms with Crippen LogP contribution in [0.1, 0.15) is 37.6 Å². The fourth-order valence-corrected chi connectivity index (χ4v) is 3.85. The first-order valence-corrected chi connectivity index (χ1v) is 9.93. The average molecular weight is 390 g/mol. The van der Waals surface area contributed by atoms with Gasteiger partial charge in [0, 0.05) is 35.1 Å². The first-order chi connectivity index (χ1) is 14.0. The number of H-pyrrole nitrogens is 1. The van der Waals surface area contributed by atoms with Crippen LogP contribution in [-0.4, -0.2) is 24.1 Å². The van der Waals surface area contributed by atoms with E-state index in [1.807, 2.05) is 49.4 Å². The number of nitrogens with one attached hydrogen (secondary N) is 2. The lowest BCUT2D eigenvalue weighted by molar-refractivity contribution is -0.136. The number of fused-ring (bicyclic) bond motifs is 3. The lowest BCUT2D eigenvalue weighted by atomic mass is 9.82. The molecule has 1 aliphatic rings. The largest absolute Gasteiger partial charge is 0.489 e. The summed E-state index contributed by atoms with van der Waals surface area (Å²) in [6.07, 6.45) is 1.76. The lowest BCUT2D eigenvalue weighted by Gasteiger charge is -2.24. The average Bonchev–Trinajstić information content (AvgIpc) is 3.03. The van der Waals surface area contributed by atoms with Gasteiger partial charge in [-0.25, -0.2) is 4.79 Å². The normalized spacial score (nSPS) is 15.1. The molecule has 0 spiro atoms. The standard InChI is InChI=1S/C24H26N2O3/c1-4-28-23(27)19-13-25-15-24(2,3)21-18-11-10-17(12-20(18)26-22(19)21)29-14-16-8-6-5-7-9-16/h5-13,25-26H,4,14-15H2,1-3H3. The molecule has 0 fully saturated rings. The molecule has 0 unspecified atom stereocenters. The predicted octanol–water partition coefficient (Wildman–Crippen LogP) is 4.53. The maximum absolute atomic E-state index is 12.6. The molecule has 4 rings (SSSR count). The molecule has 5 nitrogen and oxygen atoms in total. The molecule has 5 heteroatoms. The lowest BCUT2D eigenvalue weighted by Crippen LogP contribution is -2.29. The number of carbonyl (C=O) groups is 1. The summed E-state index contributed by atoms with van der Waals surface area (Å²) in [5.74, 6) is 0.460. The summed E-state index contributed by atoms with van der Waals surface area (Å²) < 4.78 is 11.3. The fourth-order valence-electron chi connectivity index (χ4n) is 3.85. The van der Waals surface area contributed by atoms with E-state index in [2.05, 4.69) is 30.2 Å². The van der Waals surface area contributed by atoms with Crippen molar-refractivity contribution in [3.63, 3.8) is 0 Å². The zero-order chi connectivity index (χ0) is 20.4. The quantitative estimate of drug-likeness (QED) is 0.628. The second kappa shape index (κ2) is 7.66. The maximum atomic E-state index is 12.6. The Balaban J connectivity index is 1.73. The summed E-state index contributed by atoms with van der Waals surface area (Å²) in [5, 5.41) is 4.36. The Kier molecular flexibility index (Phi) is 5.05. The smallest absolute Gasteiger partial charge is 0.341 e. The van der Waals surface area contributed by atoms with Crippen LogP contribution >= 0.6 is 0 Å². The van der Waals surface area contributed by atoms with Crippen LogP contribution in [0, 0.1) is 0 Å². The van der Waals surface area contributed by atoms with Crippen LogP contribution in [0.4, 0.5) is 0 Å². The Bertz CT molecular complexity index is 1060. The highest BCUT2D eigenvalue weighted by Gasteiger charge is 2.33. The van der Waals surface area contributed by atoms with Gasteiger partial charge < -0.3 is 19.8 Å². The summed E-state index contributed by atoms with van der Waals surface area (Å²) in [7, 11) is 0. The van der Waals surface area contributed by atoms with Gasteiger partial charge in [0.1, 0.15) is 12.4 Å². The van der Waals surface area contributed by atoms with Gasteiger partial charge in [0.05, 0.1) is 17.9 Å². The van der Waals surface area contributed by atoms with Crippen molar-refractivity contribution in [1.82, 2.24) is 10.3 Å². The molecule has 2 N–H and O–H groups in total. The highest BCUT2D eigenvalue weighted by atomic mass is 16.5. The third-order valence-electron chi connectivity index (χ3n) is 5.25. The molecule has 0 bridgehead atoms. The zero-order valence-corrected chi connectivity index (χ0v) is 17.0. The molecule has 0 radical (unpaired) electrons. The van der Waals surface area contributed by atoms with E-state index in [9.17, 15) is 4.79 Å². The molecule has 0 saturated carbocycles. The molecule has 0 atom stereocenters. The molecule has 1 aromatic heterocycles. The minimum absolute atomic E-state index is 0.162. The van der Waals surface area contributed by atoms with Crippen molar-refractivity contribution >= 4 is 22.4 Å². The van der Waals surface area contributed by atoms with Gasteiger partial charge in [-0.2, -0.15) is 0 Å². The fraction of sp³-hybridized carbons (Fsp3) is 0.292. The van der Waals surface area contributed by atoms with Crippen molar-refractivity contribution in [3.8, 4) is 5.75 Å². The molecule has 0 aliphatic carbocycles. The van der Waals surface area contributed by atoms with Gasteiger partial charge in [-0.1, -0.05) is 44.2 Å². The summed E-state index contributed by atoms with van der Waals surface area (Å²) in [4.78, 5) is 16.0. The van der Waals surface area contributed by atoms with Crippen molar-refractivity contribution < 1.29 is 14.3 Å². The van der Waals surface area contributed by atoms with E-state index in [4.69, 9.17) is 9.47 Å². The van der Waals surface area contributed by atoms with E-state index in [1.54, 1.807) is 6.20 Å². The van der Waals surface area contributed by atoms with Gasteiger partial charge >= 0.3 is 5.97 Å². The first-order valence-electron chi connectivity index (χ1n) is 9.93. The van der Waals surface area contributed by atoms with Gasteiger partial charge in [0.2, 0.25) is 0 Å². The van der Waals surface area contributed by atoms with E-state index < -0.39 is 0 Å². The Morgan fingerprint density at radius 1 is 1.14 bits per heavy atom. The molecule has 2 heterocycles. The third-order valence-corrected chi connectivity index (χ3v) is 5.25. The molecule has 150 valence electrons. The van der Waals surface area contributed by atoms with Crippen LogP contribution < -0.4 is 10.1 Å². The van der Waals surface area contributed by atoms with Crippen molar-refractivity contribution in [3.05, 3.63) is 71.6 Å². The van der Waals surface area contributed by atoms with Crippen molar-refractivity contribution in [2.75, 3.05) is 13.2 Å². The van der Waals surface area contributed by atoms with Crippen LogP contribution in [0.5, 0.6) is 5.75 Å². The number of carbonyl (C=O) groups excluding carboxylic acids is 1. The number of hydrogen-bond donors (Lipinski definition) is 2. The Morgan fingerprint density at radius 2 is 1.93 bits per heavy atom. The number of benzene rings is 2. The van der Waals surface area contributed by atoms with Crippen molar-refractivity contribution in [2.45, 2.75) is 32.8 Å². The van der Waals surface area contributed by atoms with E-state index in [0.29, 0.717) is 18.8 Å². The van der Waals surface area contributed by atoms with Crippen LogP contribution in [-0.2, 0) is 21.6 Å². The van der Waals surface area contributed by atoms with Gasteiger partial charge in [-0.15, -0.1) is 0 Å². The van der Waals surface area contributed by atoms with Crippen molar-refractivity contribution in [2.24, 2.45) is 0 Å². The minimum Gasteiger partial charge on any atom is -0.489 e. The van der Waals surface area contributed by atoms with E-state index in [-0.39, 0.29) is 11.4 Å². The number of hydrogen-bond acceptors (Lipinski definition) is 4. The number of aromatic amines is 1. The highest BCUT2D eigenvalue weighted by Crippen LogP contribution is 2.39. The summed E-state index contributed by atoms with van der Waals surface area (Å²) in [6.45, 7) is 7.74. The van der Waals surface area contributed by atoms with Crippen LogP contribution in [0.3, 0.4) is 0 Å². The topological polar surface area (TPSA) is 63.3 Å². The van der Waals surface area contributed by atoms with Crippen molar-refractivity contribution in [1.29, 1.82) is 0 Å². The van der Waals surface area contributed by atoms with Crippen LogP contribution in [0.15, 0.2) is 54.7 Å². The monoisotopic (exact) mass is 390 g/mol. The molecular formula is C24H26N2O3. The SMILES string of the molecule is CCOC(=O)C1=CNCC(C)(C)c2c1[nH]c1cc(OCc3ccccc3)ccc21. The Morgan fingerprint density at radius 3 is 2.69 bits per heavy atom. The number of rotatable bonds is 5.